The number of hydrogen-bond acceptors (Lipinski definition) is 4. The molecule has 4 heteroatoms. The fraction of sp³-hybridized carbons (Fsp3) is 0.857. The lowest BCUT2D eigenvalue weighted by atomic mass is 9.85. The highest BCUT2D eigenvalue weighted by molar-refractivity contribution is 7.05. The molecule has 0 aliphatic heterocycles. The van der Waals surface area contributed by atoms with Crippen molar-refractivity contribution in [2.75, 3.05) is 6.54 Å². The number of aromatic nitrogens is 2. The van der Waals surface area contributed by atoms with E-state index in [1.807, 2.05) is 0 Å². The van der Waals surface area contributed by atoms with E-state index in [0.29, 0.717) is 12.0 Å². The molecule has 0 radical (unpaired) electrons. The Labute approximate surface area is 116 Å². The van der Waals surface area contributed by atoms with Crippen molar-refractivity contribution in [1.29, 1.82) is 0 Å². The van der Waals surface area contributed by atoms with Crippen molar-refractivity contribution < 1.29 is 0 Å². The van der Waals surface area contributed by atoms with Crippen LogP contribution in [0, 0.1) is 5.92 Å². The first-order chi connectivity index (χ1) is 8.45. The number of hydrogen-bond donors (Lipinski definition) is 1. The fourth-order valence-electron chi connectivity index (χ4n) is 2.37. The Bertz CT molecular complexity index is 350. The summed E-state index contributed by atoms with van der Waals surface area (Å²) < 4.78 is 4.19. The van der Waals surface area contributed by atoms with Crippen LogP contribution in [0.15, 0.2) is 0 Å². The molecule has 0 saturated heterocycles. The Morgan fingerprint density at radius 3 is 2.22 bits per heavy atom. The van der Waals surface area contributed by atoms with Crippen molar-refractivity contribution >= 4 is 11.5 Å². The first-order valence-electron chi connectivity index (χ1n) is 7.01. The molecule has 1 atom stereocenters. The van der Waals surface area contributed by atoms with Crippen molar-refractivity contribution in [3.63, 3.8) is 0 Å². The summed E-state index contributed by atoms with van der Waals surface area (Å²) in [6.07, 6.45) is 2.38. The molecule has 1 unspecified atom stereocenters. The lowest BCUT2D eigenvalue weighted by Crippen LogP contribution is -2.29. The third-order valence-electron chi connectivity index (χ3n) is 3.45. The van der Waals surface area contributed by atoms with Crippen LogP contribution in [-0.2, 0) is 5.41 Å². The highest BCUT2D eigenvalue weighted by Gasteiger charge is 2.30. The van der Waals surface area contributed by atoms with E-state index in [4.69, 9.17) is 0 Å². The van der Waals surface area contributed by atoms with E-state index in [2.05, 4.69) is 56.4 Å². The van der Waals surface area contributed by atoms with Gasteiger partial charge in [0, 0.05) is 11.5 Å². The molecule has 0 spiro atoms. The first kappa shape index (κ1) is 15.6. The van der Waals surface area contributed by atoms with Gasteiger partial charge in [0.2, 0.25) is 0 Å². The molecule has 18 heavy (non-hydrogen) atoms. The van der Waals surface area contributed by atoms with E-state index in [0.717, 1.165) is 12.2 Å². The van der Waals surface area contributed by atoms with E-state index in [-0.39, 0.29) is 5.41 Å². The van der Waals surface area contributed by atoms with E-state index >= 15 is 0 Å². The normalized spacial score (nSPS) is 14.2. The van der Waals surface area contributed by atoms with Gasteiger partial charge in [0.05, 0.1) is 10.6 Å². The molecule has 1 N–H and O–H groups in total. The molecule has 1 aromatic heterocycles. The van der Waals surface area contributed by atoms with Crippen molar-refractivity contribution in [2.45, 2.75) is 65.8 Å². The summed E-state index contributed by atoms with van der Waals surface area (Å²) in [5.74, 6) is 0.660. The summed E-state index contributed by atoms with van der Waals surface area (Å²) in [5.41, 5.74) is 1.23. The predicted octanol–water partition coefficient (Wildman–Crippen LogP) is 3.92. The molecule has 1 aromatic rings. The second kappa shape index (κ2) is 6.62. The van der Waals surface area contributed by atoms with Crippen LogP contribution in [0.5, 0.6) is 0 Å². The Kier molecular flexibility index (Phi) is 5.73. The van der Waals surface area contributed by atoms with Crippen LogP contribution < -0.4 is 5.32 Å². The highest BCUT2D eigenvalue weighted by Crippen LogP contribution is 2.35. The molecule has 0 aliphatic carbocycles. The summed E-state index contributed by atoms with van der Waals surface area (Å²) in [6, 6.07) is 0.402. The molecule has 1 heterocycles. The Morgan fingerprint density at radius 2 is 1.78 bits per heavy atom. The van der Waals surface area contributed by atoms with Gasteiger partial charge in [0.25, 0.3) is 0 Å². The third kappa shape index (κ3) is 3.51. The largest absolute Gasteiger partial charge is 0.309 e. The van der Waals surface area contributed by atoms with E-state index in [9.17, 15) is 0 Å². The zero-order valence-electron chi connectivity index (χ0n) is 12.6. The van der Waals surface area contributed by atoms with Gasteiger partial charge in [-0.2, -0.15) is 0 Å². The number of nitrogens with zero attached hydrogens (tertiary/aromatic N) is 2. The molecule has 0 bridgehead atoms. The van der Waals surface area contributed by atoms with Crippen molar-refractivity contribution in [2.24, 2.45) is 5.92 Å². The third-order valence-corrected chi connectivity index (χ3v) is 4.26. The van der Waals surface area contributed by atoms with Gasteiger partial charge in [-0.25, -0.2) is 0 Å². The van der Waals surface area contributed by atoms with E-state index < -0.39 is 0 Å². The van der Waals surface area contributed by atoms with Gasteiger partial charge in [0.1, 0.15) is 0 Å². The van der Waals surface area contributed by atoms with Crippen LogP contribution in [0.2, 0.25) is 0 Å². The monoisotopic (exact) mass is 269 g/mol. The molecular weight excluding hydrogens is 242 g/mol. The quantitative estimate of drug-likeness (QED) is 0.850. The summed E-state index contributed by atoms with van der Waals surface area (Å²) in [4.78, 5) is 1.33. The molecule has 1 rings (SSSR count). The van der Waals surface area contributed by atoms with E-state index in [1.54, 1.807) is 11.5 Å². The minimum atomic E-state index is 0.0715. The van der Waals surface area contributed by atoms with Gasteiger partial charge in [-0.3, -0.25) is 0 Å². The topological polar surface area (TPSA) is 37.8 Å². The molecule has 0 aromatic carbocycles. The van der Waals surface area contributed by atoms with Gasteiger partial charge < -0.3 is 5.32 Å². The Morgan fingerprint density at radius 1 is 1.17 bits per heavy atom. The molecule has 0 amide bonds. The van der Waals surface area contributed by atoms with Crippen LogP contribution in [0.25, 0.3) is 0 Å². The summed E-state index contributed by atoms with van der Waals surface area (Å²) in [5, 5.41) is 8.00. The number of nitrogens with one attached hydrogen (secondary N) is 1. The second-order valence-corrected chi connectivity index (χ2v) is 6.63. The predicted molar refractivity (Wildman–Crippen MR) is 79.1 cm³/mol. The van der Waals surface area contributed by atoms with Crippen LogP contribution in [-0.4, -0.2) is 16.1 Å². The molecule has 104 valence electrons. The smallest absolute Gasteiger partial charge is 0.0857 e. The molecule has 0 aliphatic rings. The van der Waals surface area contributed by atoms with Crippen molar-refractivity contribution in [3.05, 3.63) is 10.6 Å². The van der Waals surface area contributed by atoms with Crippen LogP contribution >= 0.6 is 11.5 Å². The van der Waals surface area contributed by atoms with Gasteiger partial charge >= 0.3 is 0 Å². The van der Waals surface area contributed by atoms with Crippen LogP contribution in [0.1, 0.15) is 71.0 Å². The standard InChI is InChI=1S/C14H27N3S/c1-7-10(8-2)11(15-9-3)12-13(14(4,5)6)16-17-18-12/h10-11,15H,7-9H2,1-6H3. The van der Waals surface area contributed by atoms with Crippen molar-refractivity contribution in [3.8, 4) is 0 Å². The highest BCUT2D eigenvalue weighted by atomic mass is 32.1. The van der Waals surface area contributed by atoms with Crippen molar-refractivity contribution in [1.82, 2.24) is 14.9 Å². The first-order valence-corrected chi connectivity index (χ1v) is 7.79. The maximum atomic E-state index is 4.37. The average Bonchev–Trinajstić information content (AvgIpc) is 2.77. The minimum Gasteiger partial charge on any atom is -0.309 e. The zero-order chi connectivity index (χ0) is 13.8. The summed E-state index contributed by atoms with van der Waals surface area (Å²) >= 11 is 1.56. The van der Waals surface area contributed by atoms with Crippen LogP contribution in [0.4, 0.5) is 0 Å². The van der Waals surface area contributed by atoms with Gasteiger partial charge in [-0.1, -0.05) is 58.9 Å². The molecule has 0 saturated carbocycles. The Balaban J connectivity index is 3.10. The zero-order valence-corrected chi connectivity index (χ0v) is 13.4. The molecule has 0 fully saturated rings. The maximum absolute atomic E-state index is 4.37. The summed E-state index contributed by atoms with van der Waals surface area (Å²) in [7, 11) is 0. The van der Waals surface area contributed by atoms with Gasteiger partial charge in [-0.05, 0) is 24.0 Å². The van der Waals surface area contributed by atoms with Gasteiger partial charge in [0.15, 0.2) is 0 Å². The molecule has 3 nitrogen and oxygen atoms in total. The lowest BCUT2D eigenvalue weighted by Gasteiger charge is -2.28. The SMILES string of the molecule is CCNC(c1snnc1C(C)(C)C)C(CC)CC. The van der Waals surface area contributed by atoms with Gasteiger partial charge in [-0.15, -0.1) is 5.10 Å². The Hall–Kier alpha value is -0.480. The number of rotatable bonds is 6. The maximum Gasteiger partial charge on any atom is 0.0857 e. The minimum absolute atomic E-state index is 0.0715. The lowest BCUT2D eigenvalue weighted by molar-refractivity contribution is 0.345. The van der Waals surface area contributed by atoms with Crippen LogP contribution in [0.3, 0.4) is 0 Å². The fourth-order valence-corrected chi connectivity index (χ4v) is 3.41. The summed E-state index contributed by atoms with van der Waals surface area (Å²) in [6.45, 7) is 14.3. The van der Waals surface area contributed by atoms with E-state index in [1.165, 1.54) is 17.7 Å². The average molecular weight is 269 g/mol. The molecular formula is C14H27N3S. The second-order valence-electron chi connectivity index (χ2n) is 5.85.